The summed E-state index contributed by atoms with van der Waals surface area (Å²) in [6.07, 6.45) is 5.85. The zero-order valence-electron chi connectivity index (χ0n) is 11.7. The molecule has 0 aliphatic carbocycles. The third-order valence-electron chi connectivity index (χ3n) is 2.89. The lowest BCUT2D eigenvalue weighted by Crippen LogP contribution is -2.22. The highest BCUT2D eigenvalue weighted by molar-refractivity contribution is 5.91. The smallest absolute Gasteiger partial charge is 0.341 e. The van der Waals surface area contributed by atoms with Crippen LogP contribution in [0.1, 0.15) is 42.0 Å². The summed E-state index contributed by atoms with van der Waals surface area (Å²) in [5.74, 6) is 2.26. The lowest BCUT2D eigenvalue weighted by Gasteiger charge is -2.21. The highest BCUT2D eigenvalue weighted by atomic mass is 16.5. The molecule has 0 N–H and O–H groups in total. The number of ether oxygens (including phenoxy) is 1. The molecule has 0 spiro atoms. The molecule has 0 atom stereocenters. The maximum absolute atomic E-state index is 12.0. The Morgan fingerprint density at radius 2 is 2.11 bits per heavy atom. The molecule has 0 saturated carbocycles. The van der Waals surface area contributed by atoms with Crippen molar-refractivity contribution in [1.29, 1.82) is 0 Å². The fourth-order valence-corrected chi connectivity index (χ4v) is 1.73. The molecule has 18 heavy (non-hydrogen) atoms. The molecule has 98 valence electrons. The number of esters is 1. The van der Waals surface area contributed by atoms with Gasteiger partial charge in [0.15, 0.2) is 0 Å². The molecule has 0 aromatic carbocycles. The summed E-state index contributed by atoms with van der Waals surface area (Å²) in [7, 11) is 1.81. The number of terminal acetylenes is 1. The Morgan fingerprint density at radius 3 is 2.56 bits per heavy atom. The number of aromatic nitrogens is 2. The van der Waals surface area contributed by atoms with Crippen molar-refractivity contribution in [2.75, 3.05) is 6.61 Å². The van der Waals surface area contributed by atoms with Gasteiger partial charge in [0.25, 0.3) is 0 Å². The zero-order chi connectivity index (χ0) is 13.9. The van der Waals surface area contributed by atoms with Gasteiger partial charge in [-0.3, -0.25) is 4.68 Å². The molecule has 1 aromatic rings. The molecule has 1 rings (SSSR count). The zero-order valence-corrected chi connectivity index (χ0v) is 11.7. The van der Waals surface area contributed by atoms with Gasteiger partial charge in [-0.2, -0.15) is 5.10 Å². The standard InChI is InChI=1S/C14H20N2O2/c1-7-8-14(4,5)9-18-13(17)12-10(2)15-16(6)11(12)3/h1H,8-9H2,2-6H3. The SMILES string of the molecule is C#CCC(C)(C)COC(=O)c1c(C)nn(C)c1C. The molecule has 0 saturated heterocycles. The topological polar surface area (TPSA) is 44.1 Å². The Labute approximate surface area is 108 Å². The second kappa shape index (κ2) is 5.26. The Kier molecular flexibility index (Phi) is 4.18. The van der Waals surface area contributed by atoms with Gasteiger partial charge in [-0.05, 0) is 13.8 Å². The average Bonchev–Trinajstić information content (AvgIpc) is 2.50. The molecular formula is C14H20N2O2. The molecule has 1 heterocycles. The summed E-state index contributed by atoms with van der Waals surface area (Å²) in [6, 6.07) is 0. The molecule has 4 heteroatoms. The van der Waals surface area contributed by atoms with Crippen LogP contribution in [0.2, 0.25) is 0 Å². The number of hydrogen-bond donors (Lipinski definition) is 0. The lowest BCUT2D eigenvalue weighted by atomic mass is 9.91. The number of carbonyl (C=O) groups excluding carboxylic acids is 1. The first-order chi connectivity index (χ1) is 8.28. The summed E-state index contributed by atoms with van der Waals surface area (Å²) in [4.78, 5) is 12.0. The van der Waals surface area contributed by atoms with E-state index in [0.717, 1.165) is 5.69 Å². The lowest BCUT2D eigenvalue weighted by molar-refractivity contribution is 0.0346. The Balaban J connectivity index is 2.76. The summed E-state index contributed by atoms with van der Waals surface area (Å²) < 4.78 is 7.01. The van der Waals surface area contributed by atoms with Gasteiger partial charge in [0, 0.05) is 24.6 Å². The van der Waals surface area contributed by atoms with Gasteiger partial charge in [0.2, 0.25) is 0 Å². The second-order valence-electron chi connectivity index (χ2n) is 5.29. The normalized spacial score (nSPS) is 11.1. The first-order valence-electron chi connectivity index (χ1n) is 5.89. The van der Waals surface area contributed by atoms with Gasteiger partial charge in [-0.15, -0.1) is 12.3 Å². The molecule has 0 unspecified atom stereocenters. The molecule has 0 amide bonds. The van der Waals surface area contributed by atoms with E-state index in [4.69, 9.17) is 11.2 Å². The van der Waals surface area contributed by atoms with Gasteiger partial charge >= 0.3 is 5.97 Å². The van der Waals surface area contributed by atoms with Crippen molar-refractivity contribution in [2.45, 2.75) is 34.1 Å². The molecular weight excluding hydrogens is 228 g/mol. The van der Waals surface area contributed by atoms with Crippen molar-refractivity contribution in [3.05, 3.63) is 17.0 Å². The summed E-state index contributed by atoms with van der Waals surface area (Å²) >= 11 is 0. The Bertz CT molecular complexity index is 493. The van der Waals surface area contributed by atoms with Crippen LogP contribution in [0.3, 0.4) is 0 Å². The third-order valence-corrected chi connectivity index (χ3v) is 2.89. The predicted molar refractivity (Wildman–Crippen MR) is 70.2 cm³/mol. The Hall–Kier alpha value is -1.76. The van der Waals surface area contributed by atoms with Crippen LogP contribution in [0.15, 0.2) is 0 Å². The number of aryl methyl sites for hydroxylation is 2. The van der Waals surface area contributed by atoms with Gasteiger partial charge in [0.1, 0.15) is 5.56 Å². The fourth-order valence-electron chi connectivity index (χ4n) is 1.73. The van der Waals surface area contributed by atoms with Gasteiger partial charge in [0.05, 0.1) is 12.3 Å². The van der Waals surface area contributed by atoms with E-state index < -0.39 is 0 Å². The van der Waals surface area contributed by atoms with E-state index in [1.165, 1.54) is 0 Å². The van der Waals surface area contributed by atoms with E-state index in [1.807, 2.05) is 20.8 Å². The minimum Gasteiger partial charge on any atom is -0.461 e. The van der Waals surface area contributed by atoms with E-state index in [0.29, 0.717) is 24.3 Å². The van der Waals surface area contributed by atoms with Crippen LogP contribution in [0.25, 0.3) is 0 Å². The van der Waals surface area contributed by atoms with Crippen LogP contribution in [-0.2, 0) is 11.8 Å². The van der Waals surface area contributed by atoms with E-state index in [9.17, 15) is 4.79 Å². The molecule has 0 bridgehead atoms. The molecule has 1 aromatic heterocycles. The van der Waals surface area contributed by atoms with Crippen LogP contribution in [0.5, 0.6) is 0 Å². The largest absolute Gasteiger partial charge is 0.461 e. The molecule has 0 fully saturated rings. The van der Waals surface area contributed by atoms with Gasteiger partial charge in [-0.1, -0.05) is 13.8 Å². The minimum atomic E-state index is -0.330. The maximum atomic E-state index is 12.0. The number of hydrogen-bond acceptors (Lipinski definition) is 3. The predicted octanol–water partition coefficient (Wildman–Crippen LogP) is 2.24. The van der Waals surface area contributed by atoms with E-state index in [2.05, 4.69) is 11.0 Å². The first-order valence-corrected chi connectivity index (χ1v) is 5.89. The van der Waals surface area contributed by atoms with E-state index in [1.54, 1.807) is 18.7 Å². The van der Waals surface area contributed by atoms with Crippen molar-refractivity contribution in [1.82, 2.24) is 9.78 Å². The number of carbonyl (C=O) groups is 1. The number of nitrogens with zero attached hydrogens (tertiary/aromatic N) is 2. The van der Waals surface area contributed by atoms with E-state index in [-0.39, 0.29) is 11.4 Å². The minimum absolute atomic E-state index is 0.200. The van der Waals surface area contributed by atoms with Crippen molar-refractivity contribution < 1.29 is 9.53 Å². The monoisotopic (exact) mass is 248 g/mol. The highest BCUT2D eigenvalue weighted by Crippen LogP contribution is 2.21. The molecule has 0 aliphatic heterocycles. The van der Waals surface area contributed by atoms with Crippen molar-refractivity contribution >= 4 is 5.97 Å². The van der Waals surface area contributed by atoms with Crippen molar-refractivity contribution in [3.8, 4) is 12.3 Å². The molecule has 0 aliphatic rings. The van der Waals surface area contributed by atoms with Crippen LogP contribution < -0.4 is 0 Å². The van der Waals surface area contributed by atoms with Gasteiger partial charge < -0.3 is 4.74 Å². The van der Waals surface area contributed by atoms with Crippen LogP contribution >= 0.6 is 0 Å². The van der Waals surface area contributed by atoms with Crippen molar-refractivity contribution in [2.24, 2.45) is 12.5 Å². The maximum Gasteiger partial charge on any atom is 0.341 e. The average molecular weight is 248 g/mol. The summed E-state index contributed by atoms with van der Waals surface area (Å²) in [5.41, 5.74) is 1.85. The summed E-state index contributed by atoms with van der Waals surface area (Å²) in [6.45, 7) is 7.91. The first kappa shape index (κ1) is 14.3. The van der Waals surface area contributed by atoms with Crippen LogP contribution in [0.4, 0.5) is 0 Å². The molecule has 0 radical (unpaired) electrons. The Morgan fingerprint density at radius 1 is 1.50 bits per heavy atom. The van der Waals surface area contributed by atoms with E-state index >= 15 is 0 Å². The third kappa shape index (κ3) is 3.13. The van der Waals surface area contributed by atoms with Crippen LogP contribution in [-0.4, -0.2) is 22.4 Å². The quantitative estimate of drug-likeness (QED) is 0.606. The molecule has 4 nitrogen and oxygen atoms in total. The van der Waals surface area contributed by atoms with Crippen LogP contribution in [0, 0.1) is 31.6 Å². The number of rotatable bonds is 4. The second-order valence-corrected chi connectivity index (χ2v) is 5.29. The van der Waals surface area contributed by atoms with Crippen molar-refractivity contribution in [3.63, 3.8) is 0 Å². The summed E-state index contributed by atoms with van der Waals surface area (Å²) in [5, 5.41) is 4.20. The van der Waals surface area contributed by atoms with Gasteiger partial charge in [-0.25, -0.2) is 4.79 Å². The fraction of sp³-hybridized carbons (Fsp3) is 0.571. The highest BCUT2D eigenvalue weighted by Gasteiger charge is 2.23.